The van der Waals surface area contributed by atoms with Crippen LogP contribution >= 0.6 is 11.3 Å². The SMILES string of the molecule is C=C(OC)/C(=C(\C)OC)n1c(NS(=O)(=O)CCc2ccc(F)cc2C#N)nnc1-c1nc(C)cs1. The Hall–Kier alpha value is -3.76. The fraction of sp³-hybridized carbons (Fsp3) is 0.273. The third kappa shape index (κ3) is 5.84. The fourth-order valence-electron chi connectivity index (χ4n) is 3.13. The lowest BCUT2D eigenvalue weighted by Gasteiger charge is -2.18. The molecule has 35 heavy (non-hydrogen) atoms. The lowest BCUT2D eigenvalue weighted by Crippen LogP contribution is -2.22. The highest BCUT2D eigenvalue weighted by molar-refractivity contribution is 7.92. The number of aromatic nitrogens is 4. The molecule has 1 N–H and O–H groups in total. The van der Waals surface area contributed by atoms with E-state index in [1.165, 1.54) is 42.3 Å². The highest BCUT2D eigenvalue weighted by Gasteiger charge is 2.26. The summed E-state index contributed by atoms with van der Waals surface area (Å²) < 4.78 is 53.9. The van der Waals surface area contributed by atoms with Gasteiger partial charge in [0.1, 0.15) is 23.0 Å². The van der Waals surface area contributed by atoms with Gasteiger partial charge in [0.2, 0.25) is 16.0 Å². The molecule has 1 aromatic carbocycles. The number of allylic oxidation sites excluding steroid dienone is 2. The standard InChI is InChI=1S/C22H23FN6O4S2/c1-13-12-34-21(25-13)20-26-27-22(29(20)19(14(2)32-4)15(3)33-5)28-35(30,31)9-8-16-6-7-18(23)10-17(16)11-24/h6-7,10,12H,2,8-9H2,1,3-5H3,(H,27,28)/b19-15-. The van der Waals surface area contributed by atoms with E-state index >= 15 is 0 Å². The molecule has 0 aliphatic carbocycles. The van der Waals surface area contributed by atoms with E-state index in [0.29, 0.717) is 22.0 Å². The highest BCUT2D eigenvalue weighted by atomic mass is 32.2. The number of aryl methyl sites for hydroxylation is 2. The number of anilines is 1. The van der Waals surface area contributed by atoms with Crippen LogP contribution in [0, 0.1) is 24.1 Å². The Kier molecular flexibility index (Phi) is 7.88. The molecule has 0 radical (unpaired) electrons. The number of hydrogen-bond donors (Lipinski definition) is 1. The first kappa shape index (κ1) is 25.9. The maximum atomic E-state index is 13.4. The molecular formula is C22H23FN6O4S2. The molecule has 0 saturated carbocycles. The number of nitrogens with one attached hydrogen (secondary N) is 1. The van der Waals surface area contributed by atoms with Crippen LogP contribution in [-0.2, 0) is 25.9 Å². The van der Waals surface area contributed by atoms with Crippen molar-refractivity contribution in [1.29, 1.82) is 5.26 Å². The molecule has 0 unspecified atom stereocenters. The van der Waals surface area contributed by atoms with Gasteiger partial charge in [0.15, 0.2) is 10.8 Å². The van der Waals surface area contributed by atoms with Crippen LogP contribution in [0.3, 0.4) is 0 Å². The van der Waals surface area contributed by atoms with Gasteiger partial charge in [-0.25, -0.2) is 17.8 Å². The summed E-state index contributed by atoms with van der Waals surface area (Å²) >= 11 is 1.31. The Balaban J connectivity index is 2.02. The van der Waals surface area contributed by atoms with Gasteiger partial charge < -0.3 is 9.47 Å². The Morgan fingerprint density at radius 2 is 2.06 bits per heavy atom. The van der Waals surface area contributed by atoms with Crippen molar-refractivity contribution >= 4 is 33.0 Å². The molecule has 184 valence electrons. The van der Waals surface area contributed by atoms with E-state index in [2.05, 4.69) is 26.5 Å². The van der Waals surface area contributed by atoms with Crippen molar-refractivity contribution in [2.45, 2.75) is 20.3 Å². The largest absolute Gasteiger partial charge is 0.499 e. The molecule has 0 aliphatic heterocycles. The third-order valence-electron chi connectivity index (χ3n) is 4.93. The van der Waals surface area contributed by atoms with Gasteiger partial charge in [0.05, 0.1) is 31.6 Å². The van der Waals surface area contributed by atoms with Crippen molar-refractivity contribution in [3.63, 3.8) is 0 Å². The summed E-state index contributed by atoms with van der Waals surface area (Å²) in [4.78, 5) is 4.43. The number of rotatable bonds is 10. The molecule has 3 rings (SSSR count). The summed E-state index contributed by atoms with van der Waals surface area (Å²) in [6.07, 6.45) is -0.0181. The average Bonchev–Trinajstić information content (AvgIpc) is 3.43. The molecule has 2 aromatic heterocycles. The van der Waals surface area contributed by atoms with Crippen LogP contribution in [0.4, 0.5) is 10.3 Å². The molecule has 2 heterocycles. The van der Waals surface area contributed by atoms with Gasteiger partial charge in [0, 0.05) is 11.1 Å². The molecule has 0 bridgehead atoms. The lowest BCUT2D eigenvalue weighted by molar-refractivity contribution is 0.279. The number of ether oxygens (including phenoxy) is 2. The zero-order chi connectivity index (χ0) is 25.8. The molecule has 0 amide bonds. The van der Waals surface area contributed by atoms with Crippen LogP contribution in [0.1, 0.15) is 23.7 Å². The minimum absolute atomic E-state index is 0.0181. The number of methoxy groups -OCH3 is 2. The molecule has 0 spiro atoms. The number of sulfonamides is 1. The topological polar surface area (TPSA) is 132 Å². The first-order valence-corrected chi connectivity index (χ1v) is 12.7. The number of benzene rings is 1. The van der Waals surface area contributed by atoms with Gasteiger partial charge >= 0.3 is 0 Å². The van der Waals surface area contributed by atoms with E-state index in [1.54, 1.807) is 6.92 Å². The second kappa shape index (κ2) is 10.7. The monoisotopic (exact) mass is 518 g/mol. The zero-order valence-electron chi connectivity index (χ0n) is 19.5. The van der Waals surface area contributed by atoms with Gasteiger partial charge in [-0.05, 0) is 38.0 Å². The molecule has 13 heteroatoms. The van der Waals surface area contributed by atoms with Crippen LogP contribution in [0.15, 0.2) is 41.7 Å². The predicted octanol–water partition coefficient (Wildman–Crippen LogP) is 3.70. The van der Waals surface area contributed by atoms with E-state index in [1.807, 2.05) is 18.4 Å². The quantitative estimate of drug-likeness (QED) is 0.317. The van der Waals surface area contributed by atoms with Crippen LogP contribution in [0.5, 0.6) is 0 Å². The molecule has 0 saturated heterocycles. The van der Waals surface area contributed by atoms with Gasteiger partial charge in [0.25, 0.3) is 0 Å². The Labute approximate surface area is 206 Å². The smallest absolute Gasteiger partial charge is 0.243 e. The number of nitriles is 1. The molecule has 3 aromatic rings. The van der Waals surface area contributed by atoms with E-state index in [0.717, 1.165) is 11.8 Å². The summed E-state index contributed by atoms with van der Waals surface area (Å²) in [5.74, 6) is -0.275. The lowest BCUT2D eigenvalue weighted by atomic mass is 10.1. The second-order valence-corrected chi connectivity index (χ2v) is 10.00. The van der Waals surface area contributed by atoms with Crippen molar-refractivity contribution < 1.29 is 22.3 Å². The number of nitrogens with zero attached hydrogens (tertiary/aromatic N) is 5. The highest BCUT2D eigenvalue weighted by Crippen LogP contribution is 2.32. The van der Waals surface area contributed by atoms with E-state index < -0.39 is 15.8 Å². The summed E-state index contributed by atoms with van der Waals surface area (Å²) in [7, 11) is -1.11. The van der Waals surface area contributed by atoms with Crippen LogP contribution < -0.4 is 4.72 Å². The number of hydrogen-bond acceptors (Lipinski definition) is 9. The van der Waals surface area contributed by atoms with Crippen molar-refractivity contribution in [2.75, 3.05) is 24.7 Å². The van der Waals surface area contributed by atoms with Crippen LogP contribution in [-0.4, -0.2) is 48.1 Å². The first-order valence-electron chi connectivity index (χ1n) is 10.2. The maximum Gasteiger partial charge on any atom is 0.243 e. The predicted molar refractivity (Wildman–Crippen MR) is 130 cm³/mol. The summed E-state index contributed by atoms with van der Waals surface area (Å²) in [6, 6.07) is 5.51. The molecule has 10 nitrogen and oxygen atoms in total. The average molecular weight is 519 g/mol. The van der Waals surface area contributed by atoms with Gasteiger partial charge in [-0.15, -0.1) is 21.5 Å². The second-order valence-electron chi connectivity index (χ2n) is 7.30. The fourth-order valence-corrected chi connectivity index (χ4v) is 4.90. The van der Waals surface area contributed by atoms with Crippen LogP contribution in [0.2, 0.25) is 0 Å². The Bertz CT molecular complexity index is 1440. The van der Waals surface area contributed by atoms with E-state index in [-0.39, 0.29) is 35.3 Å². The molecule has 0 aliphatic rings. The number of thiazole rings is 1. The van der Waals surface area contributed by atoms with Gasteiger partial charge in [-0.2, -0.15) is 5.26 Å². The van der Waals surface area contributed by atoms with Crippen molar-refractivity contribution in [2.24, 2.45) is 0 Å². The summed E-state index contributed by atoms with van der Waals surface area (Å²) in [6.45, 7) is 7.37. The van der Waals surface area contributed by atoms with E-state index in [9.17, 15) is 18.1 Å². The van der Waals surface area contributed by atoms with Crippen molar-refractivity contribution in [3.8, 4) is 16.9 Å². The normalized spacial score (nSPS) is 12.0. The molecular weight excluding hydrogens is 495 g/mol. The summed E-state index contributed by atoms with van der Waals surface area (Å²) in [5.41, 5.74) is 1.53. The van der Waals surface area contributed by atoms with Gasteiger partial charge in [-0.1, -0.05) is 12.6 Å². The maximum absolute atomic E-state index is 13.4. The van der Waals surface area contributed by atoms with Gasteiger partial charge in [-0.3, -0.25) is 9.29 Å². The Morgan fingerprint density at radius 1 is 1.31 bits per heavy atom. The third-order valence-corrected chi connectivity index (χ3v) is 7.12. The van der Waals surface area contributed by atoms with Crippen molar-refractivity contribution in [3.05, 3.63) is 64.3 Å². The molecule has 0 atom stereocenters. The minimum Gasteiger partial charge on any atom is -0.499 e. The Morgan fingerprint density at radius 3 is 2.66 bits per heavy atom. The van der Waals surface area contributed by atoms with E-state index in [4.69, 9.17) is 9.47 Å². The molecule has 0 fully saturated rings. The minimum atomic E-state index is -3.98. The first-order chi connectivity index (χ1) is 16.6. The zero-order valence-corrected chi connectivity index (χ0v) is 21.1. The van der Waals surface area contributed by atoms with Crippen LogP contribution in [0.25, 0.3) is 16.5 Å². The van der Waals surface area contributed by atoms with Crippen molar-refractivity contribution in [1.82, 2.24) is 19.7 Å². The number of halogens is 1. The summed E-state index contributed by atoms with van der Waals surface area (Å²) in [5, 5.41) is 19.7.